The molecule has 0 aliphatic carbocycles. The Bertz CT molecular complexity index is 1060. The molecule has 0 saturated carbocycles. The first-order valence-electron chi connectivity index (χ1n) is 12.9. The predicted molar refractivity (Wildman–Crippen MR) is 149 cm³/mol. The number of thioether (sulfide) groups is 1. The summed E-state index contributed by atoms with van der Waals surface area (Å²) < 4.78 is 16.3. The minimum absolute atomic E-state index is 0.0253. The van der Waals surface area contributed by atoms with Crippen molar-refractivity contribution in [3.8, 4) is 5.75 Å². The summed E-state index contributed by atoms with van der Waals surface area (Å²) in [5.41, 5.74) is 2.92. The fraction of sp³-hybridized carbons (Fsp3) is 0.533. The Kier molecular flexibility index (Phi) is 10.2. The fourth-order valence-corrected chi connectivity index (χ4v) is 5.57. The van der Waals surface area contributed by atoms with Crippen LogP contribution in [0.4, 0.5) is 0 Å². The van der Waals surface area contributed by atoms with Crippen LogP contribution in [0.5, 0.6) is 5.75 Å². The summed E-state index contributed by atoms with van der Waals surface area (Å²) in [5.74, 6) is 0.793. The number of benzene rings is 2. The van der Waals surface area contributed by atoms with Crippen LogP contribution in [0.15, 0.2) is 41.3 Å². The van der Waals surface area contributed by atoms with Crippen LogP contribution in [0.3, 0.4) is 0 Å². The van der Waals surface area contributed by atoms with E-state index in [0.717, 1.165) is 54.1 Å². The van der Waals surface area contributed by atoms with Crippen LogP contribution >= 0.6 is 11.8 Å². The van der Waals surface area contributed by atoms with E-state index in [9.17, 15) is 9.59 Å². The van der Waals surface area contributed by atoms with Gasteiger partial charge in [0.05, 0.1) is 13.7 Å². The van der Waals surface area contributed by atoms with Crippen molar-refractivity contribution in [2.75, 3.05) is 46.7 Å². The lowest BCUT2D eigenvalue weighted by atomic mass is 9.84. The van der Waals surface area contributed by atoms with E-state index in [1.165, 1.54) is 12.7 Å². The lowest BCUT2D eigenvalue weighted by Gasteiger charge is -2.26. The average molecular weight is 528 g/mol. The summed E-state index contributed by atoms with van der Waals surface area (Å²) in [5, 5.41) is 0. The normalized spacial score (nSPS) is 18.1. The molecule has 0 spiro atoms. The van der Waals surface area contributed by atoms with Gasteiger partial charge in [-0.25, -0.2) is 4.79 Å². The van der Waals surface area contributed by atoms with Gasteiger partial charge < -0.3 is 19.1 Å². The summed E-state index contributed by atoms with van der Waals surface area (Å²) in [6.45, 7) is 10.6. The zero-order chi connectivity index (χ0) is 27.2. The number of likely N-dealkylation sites (tertiary alicyclic amines) is 1. The lowest BCUT2D eigenvalue weighted by molar-refractivity contribution is -0.156. The van der Waals surface area contributed by atoms with Gasteiger partial charge in [0.15, 0.2) is 11.4 Å². The fourth-order valence-electron chi connectivity index (χ4n) is 5.16. The Hall–Kier alpha value is -2.35. The number of esters is 1. The van der Waals surface area contributed by atoms with Gasteiger partial charge in [0.1, 0.15) is 5.75 Å². The van der Waals surface area contributed by atoms with Gasteiger partial charge in [-0.1, -0.05) is 24.3 Å². The highest BCUT2D eigenvalue weighted by atomic mass is 32.2. The van der Waals surface area contributed by atoms with Gasteiger partial charge in [-0.3, -0.25) is 4.79 Å². The van der Waals surface area contributed by atoms with Crippen molar-refractivity contribution in [1.29, 1.82) is 0 Å². The summed E-state index contributed by atoms with van der Waals surface area (Å²) in [6, 6.07) is 12.2. The molecule has 1 aliphatic heterocycles. The van der Waals surface area contributed by atoms with Gasteiger partial charge >= 0.3 is 5.97 Å². The quantitative estimate of drug-likeness (QED) is 0.209. The molecule has 3 rings (SSSR count). The first-order valence-corrected chi connectivity index (χ1v) is 14.1. The molecule has 0 aromatic heterocycles. The Balaban J connectivity index is 1.74. The third kappa shape index (κ3) is 7.37. The van der Waals surface area contributed by atoms with Gasteiger partial charge in [-0.15, -0.1) is 11.8 Å². The van der Waals surface area contributed by atoms with Crippen molar-refractivity contribution in [2.24, 2.45) is 11.8 Å². The molecule has 7 heteroatoms. The number of carbonyl (C=O) groups is 2. The maximum Gasteiger partial charge on any atom is 0.349 e. The summed E-state index contributed by atoms with van der Waals surface area (Å²) in [4.78, 5) is 29.2. The maximum atomic E-state index is 13.5. The number of hydrogen-bond donors (Lipinski definition) is 0. The Labute approximate surface area is 226 Å². The van der Waals surface area contributed by atoms with E-state index in [1.807, 2.05) is 44.4 Å². The molecule has 2 atom stereocenters. The summed E-state index contributed by atoms with van der Waals surface area (Å²) >= 11 is 1.68. The largest absolute Gasteiger partial charge is 0.476 e. The number of aryl methyl sites for hydroxylation is 3. The molecule has 1 saturated heterocycles. The number of carbonyl (C=O) groups excluding carboxylic acids is 2. The molecule has 1 aliphatic rings. The van der Waals surface area contributed by atoms with Crippen LogP contribution in [0.2, 0.25) is 0 Å². The monoisotopic (exact) mass is 527 g/mol. The highest BCUT2D eigenvalue weighted by Gasteiger charge is 2.37. The van der Waals surface area contributed by atoms with Gasteiger partial charge in [0.25, 0.3) is 0 Å². The molecule has 1 fully saturated rings. The summed E-state index contributed by atoms with van der Waals surface area (Å²) in [7, 11) is 3.08. The molecule has 2 aromatic rings. The number of methoxy groups -OCH3 is 2. The van der Waals surface area contributed by atoms with E-state index >= 15 is 0 Å². The minimum Gasteiger partial charge on any atom is -0.476 e. The van der Waals surface area contributed by atoms with Crippen molar-refractivity contribution in [3.63, 3.8) is 0 Å². The molecule has 6 nitrogen and oxygen atoms in total. The molecule has 37 heavy (non-hydrogen) atoms. The molecule has 202 valence electrons. The number of rotatable bonds is 12. The smallest absolute Gasteiger partial charge is 0.349 e. The first-order chi connectivity index (χ1) is 17.6. The zero-order valence-electron chi connectivity index (χ0n) is 23.3. The van der Waals surface area contributed by atoms with Crippen molar-refractivity contribution >= 4 is 23.5 Å². The molecule has 0 amide bonds. The maximum absolute atomic E-state index is 13.5. The van der Waals surface area contributed by atoms with E-state index < -0.39 is 11.6 Å². The second-order valence-electron chi connectivity index (χ2n) is 10.4. The molecule has 1 heterocycles. The first kappa shape index (κ1) is 29.2. The van der Waals surface area contributed by atoms with E-state index in [2.05, 4.69) is 17.0 Å². The highest BCUT2D eigenvalue weighted by molar-refractivity contribution is 7.98. The Morgan fingerprint density at radius 2 is 1.70 bits per heavy atom. The Morgan fingerprint density at radius 1 is 1.05 bits per heavy atom. The topological polar surface area (TPSA) is 65.1 Å². The number of ether oxygens (including phenoxy) is 3. The van der Waals surface area contributed by atoms with Crippen molar-refractivity contribution in [1.82, 2.24) is 4.90 Å². The van der Waals surface area contributed by atoms with Crippen LogP contribution in [0.1, 0.15) is 47.3 Å². The Morgan fingerprint density at radius 3 is 2.27 bits per heavy atom. The average Bonchev–Trinajstić information content (AvgIpc) is 3.30. The van der Waals surface area contributed by atoms with E-state index in [1.54, 1.807) is 32.7 Å². The second-order valence-corrected chi connectivity index (χ2v) is 11.3. The predicted octanol–water partition coefficient (Wildman–Crippen LogP) is 5.37. The van der Waals surface area contributed by atoms with Gasteiger partial charge in [0.2, 0.25) is 0 Å². The second kappa shape index (κ2) is 12.9. The van der Waals surface area contributed by atoms with Crippen molar-refractivity contribution in [3.05, 3.63) is 58.7 Å². The molecule has 0 N–H and O–H groups in total. The van der Waals surface area contributed by atoms with Crippen LogP contribution in [0.25, 0.3) is 0 Å². The standard InChI is InChI=1S/C30H41NO5S/c1-20-16-22(17-21(2)28(20)36-30(3,4)29(33)35-6)8-9-24-18-31(14-15-34-5)19-26(24)27(32)23-10-12-25(37-7)13-11-23/h10-13,16-17,24,26H,8-9,14-15,18-19H2,1-7H3/t24-,26?/m0/s1. The van der Waals surface area contributed by atoms with Gasteiger partial charge in [-0.05, 0) is 81.5 Å². The van der Waals surface area contributed by atoms with Crippen molar-refractivity contribution in [2.45, 2.75) is 51.0 Å². The van der Waals surface area contributed by atoms with Gasteiger partial charge in [-0.2, -0.15) is 0 Å². The molecule has 0 radical (unpaired) electrons. The van der Waals surface area contributed by atoms with Crippen LogP contribution in [-0.2, 0) is 20.7 Å². The lowest BCUT2D eigenvalue weighted by Crippen LogP contribution is -2.39. The molecular formula is C30H41NO5S. The zero-order valence-corrected chi connectivity index (χ0v) is 24.1. The van der Waals surface area contributed by atoms with Crippen LogP contribution < -0.4 is 4.74 Å². The number of ketones is 1. The number of nitrogens with zero attached hydrogens (tertiary/aromatic N) is 1. The van der Waals surface area contributed by atoms with E-state index in [-0.39, 0.29) is 17.6 Å². The van der Waals surface area contributed by atoms with Crippen LogP contribution in [0, 0.1) is 25.7 Å². The molecule has 2 aromatic carbocycles. The highest BCUT2D eigenvalue weighted by Crippen LogP contribution is 2.33. The third-order valence-corrected chi connectivity index (χ3v) is 7.94. The van der Waals surface area contributed by atoms with Crippen LogP contribution in [-0.4, -0.2) is 69.0 Å². The summed E-state index contributed by atoms with van der Waals surface area (Å²) in [6.07, 6.45) is 3.84. The van der Waals surface area contributed by atoms with E-state index in [4.69, 9.17) is 14.2 Å². The number of Topliss-reactive ketones (excluding diaryl/α,β-unsaturated/α-hetero) is 1. The molecule has 1 unspecified atom stereocenters. The molecular weight excluding hydrogens is 486 g/mol. The van der Waals surface area contributed by atoms with E-state index in [0.29, 0.717) is 12.4 Å². The number of hydrogen-bond acceptors (Lipinski definition) is 7. The minimum atomic E-state index is -1.07. The van der Waals surface area contributed by atoms with Crippen molar-refractivity contribution < 1.29 is 23.8 Å². The SMILES string of the molecule is COCCN1CC(C(=O)c2ccc(SC)cc2)[C@@H](CCc2cc(C)c(OC(C)(C)C(=O)OC)c(C)c2)C1. The molecule has 0 bridgehead atoms. The third-order valence-electron chi connectivity index (χ3n) is 7.20. The van der Waals surface area contributed by atoms with Gasteiger partial charge in [0, 0.05) is 43.1 Å².